The SMILES string of the molecule is CCOc1ccc(N(CC(=O)N(Cc2ccccc2Cl)[C@H](C)C(=O)N[C@H](C)CC)S(C)(=O)=O)cc1. The average molecular weight is 524 g/mol. The molecule has 0 heterocycles. The van der Waals surface area contributed by atoms with Crippen LogP contribution in [-0.4, -0.2) is 56.6 Å². The lowest BCUT2D eigenvalue weighted by molar-refractivity contribution is -0.139. The Morgan fingerprint density at radius 2 is 1.69 bits per heavy atom. The van der Waals surface area contributed by atoms with Crippen LogP contribution >= 0.6 is 11.6 Å². The highest BCUT2D eigenvalue weighted by atomic mass is 35.5. The minimum Gasteiger partial charge on any atom is -0.494 e. The number of halogens is 1. The van der Waals surface area contributed by atoms with Crippen LogP contribution in [-0.2, 0) is 26.2 Å². The lowest BCUT2D eigenvalue weighted by atomic mass is 10.1. The summed E-state index contributed by atoms with van der Waals surface area (Å²) in [6.07, 6.45) is 1.77. The molecule has 8 nitrogen and oxygen atoms in total. The fraction of sp³-hybridized carbons (Fsp3) is 0.440. The van der Waals surface area contributed by atoms with Gasteiger partial charge in [0.05, 0.1) is 18.6 Å². The predicted octanol–water partition coefficient (Wildman–Crippen LogP) is 3.84. The smallest absolute Gasteiger partial charge is 0.244 e. The first kappa shape index (κ1) is 28.5. The molecule has 0 unspecified atom stereocenters. The fourth-order valence-corrected chi connectivity index (χ4v) is 4.39. The maximum Gasteiger partial charge on any atom is 0.244 e. The van der Waals surface area contributed by atoms with Crippen LogP contribution in [0.15, 0.2) is 48.5 Å². The molecule has 2 aromatic rings. The Bertz CT molecular complexity index is 1110. The Labute approximate surface area is 213 Å². The van der Waals surface area contributed by atoms with Crippen molar-refractivity contribution in [2.75, 3.05) is 23.7 Å². The summed E-state index contributed by atoms with van der Waals surface area (Å²) >= 11 is 6.32. The second-order valence-electron chi connectivity index (χ2n) is 8.30. The van der Waals surface area contributed by atoms with Crippen molar-refractivity contribution in [3.05, 3.63) is 59.1 Å². The van der Waals surface area contributed by atoms with E-state index in [9.17, 15) is 18.0 Å². The summed E-state index contributed by atoms with van der Waals surface area (Å²) in [7, 11) is -3.80. The average Bonchev–Trinajstić information content (AvgIpc) is 2.81. The van der Waals surface area contributed by atoms with Gasteiger partial charge in [-0.05, 0) is 63.1 Å². The van der Waals surface area contributed by atoms with Gasteiger partial charge in [0.25, 0.3) is 0 Å². The van der Waals surface area contributed by atoms with Crippen molar-refractivity contribution >= 4 is 39.1 Å². The summed E-state index contributed by atoms with van der Waals surface area (Å²) in [6.45, 7) is 7.34. The fourth-order valence-electron chi connectivity index (χ4n) is 3.35. The monoisotopic (exact) mass is 523 g/mol. The largest absolute Gasteiger partial charge is 0.494 e. The second-order valence-corrected chi connectivity index (χ2v) is 10.6. The number of nitrogens with zero attached hydrogens (tertiary/aromatic N) is 2. The van der Waals surface area contributed by atoms with E-state index in [1.807, 2.05) is 20.8 Å². The zero-order valence-corrected chi connectivity index (χ0v) is 22.4. The summed E-state index contributed by atoms with van der Waals surface area (Å²) < 4.78 is 31.7. The molecule has 10 heteroatoms. The van der Waals surface area contributed by atoms with E-state index >= 15 is 0 Å². The van der Waals surface area contributed by atoms with Crippen LogP contribution in [0, 0.1) is 0 Å². The van der Waals surface area contributed by atoms with Crippen molar-refractivity contribution in [3.8, 4) is 5.75 Å². The number of nitrogens with one attached hydrogen (secondary N) is 1. The van der Waals surface area contributed by atoms with E-state index in [4.69, 9.17) is 16.3 Å². The summed E-state index contributed by atoms with van der Waals surface area (Å²) in [5, 5.41) is 3.34. The number of hydrogen-bond acceptors (Lipinski definition) is 5. The maximum absolute atomic E-state index is 13.5. The van der Waals surface area contributed by atoms with E-state index in [0.717, 1.165) is 17.0 Å². The van der Waals surface area contributed by atoms with Gasteiger partial charge in [0.15, 0.2) is 0 Å². The number of ether oxygens (including phenoxy) is 1. The van der Waals surface area contributed by atoms with E-state index in [-0.39, 0.29) is 18.5 Å². The summed E-state index contributed by atoms with van der Waals surface area (Å²) in [4.78, 5) is 27.8. The van der Waals surface area contributed by atoms with Gasteiger partial charge in [-0.15, -0.1) is 0 Å². The predicted molar refractivity (Wildman–Crippen MR) is 139 cm³/mol. The minimum absolute atomic E-state index is 0.0501. The summed E-state index contributed by atoms with van der Waals surface area (Å²) in [5.41, 5.74) is 0.969. The first-order valence-corrected chi connectivity index (χ1v) is 13.7. The van der Waals surface area contributed by atoms with Crippen LogP contribution in [0.3, 0.4) is 0 Å². The topological polar surface area (TPSA) is 96.0 Å². The molecule has 0 saturated heterocycles. The van der Waals surface area contributed by atoms with E-state index in [2.05, 4.69) is 5.32 Å². The van der Waals surface area contributed by atoms with Crippen LogP contribution in [0.5, 0.6) is 5.75 Å². The number of sulfonamides is 1. The number of hydrogen-bond donors (Lipinski definition) is 1. The molecular formula is C25H34ClN3O5S. The standard InChI is InChI=1S/C25H34ClN3O5S/c1-6-18(3)27-25(31)19(4)28(16-20-10-8-9-11-23(20)26)24(30)17-29(35(5,32)33)21-12-14-22(15-13-21)34-7-2/h8-15,18-19H,6-7,16-17H2,1-5H3,(H,27,31)/t18-,19-/m1/s1. The van der Waals surface area contributed by atoms with Gasteiger partial charge in [-0.25, -0.2) is 8.42 Å². The molecule has 35 heavy (non-hydrogen) atoms. The molecule has 2 rings (SSSR count). The molecule has 0 aromatic heterocycles. The van der Waals surface area contributed by atoms with Crippen LogP contribution in [0.1, 0.15) is 39.7 Å². The van der Waals surface area contributed by atoms with Gasteiger partial charge >= 0.3 is 0 Å². The molecule has 0 aliphatic rings. The molecule has 0 spiro atoms. The number of rotatable bonds is 12. The molecule has 0 fully saturated rings. The minimum atomic E-state index is -3.80. The quantitative estimate of drug-likeness (QED) is 0.456. The van der Waals surface area contributed by atoms with E-state index in [1.54, 1.807) is 55.5 Å². The zero-order chi connectivity index (χ0) is 26.2. The molecule has 0 aliphatic heterocycles. The van der Waals surface area contributed by atoms with Crippen molar-refractivity contribution in [1.82, 2.24) is 10.2 Å². The van der Waals surface area contributed by atoms with Crippen molar-refractivity contribution in [3.63, 3.8) is 0 Å². The van der Waals surface area contributed by atoms with Crippen LogP contribution in [0.25, 0.3) is 0 Å². The number of benzene rings is 2. The third kappa shape index (κ3) is 8.14. The molecule has 0 radical (unpaired) electrons. The van der Waals surface area contributed by atoms with Crippen molar-refractivity contribution in [2.45, 2.75) is 52.7 Å². The highest BCUT2D eigenvalue weighted by Gasteiger charge is 2.30. The third-order valence-electron chi connectivity index (χ3n) is 5.58. The summed E-state index contributed by atoms with van der Waals surface area (Å²) in [5.74, 6) is -0.269. The zero-order valence-electron chi connectivity index (χ0n) is 20.8. The highest BCUT2D eigenvalue weighted by Crippen LogP contribution is 2.23. The molecule has 0 saturated carbocycles. The van der Waals surface area contributed by atoms with Crippen LogP contribution in [0.4, 0.5) is 5.69 Å². The normalized spacial score (nSPS) is 13.0. The number of anilines is 1. The summed E-state index contributed by atoms with van der Waals surface area (Å²) in [6, 6.07) is 12.6. The van der Waals surface area contributed by atoms with Gasteiger partial charge in [0.2, 0.25) is 21.8 Å². The maximum atomic E-state index is 13.5. The van der Waals surface area contributed by atoms with Gasteiger partial charge < -0.3 is 15.0 Å². The first-order chi connectivity index (χ1) is 16.5. The molecule has 2 amide bonds. The van der Waals surface area contributed by atoms with Gasteiger partial charge in [0, 0.05) is 17.6 Å². The molecular weight excluding hydrogens is 490 g/mol. The van der Waals surface area contributed by atoms with Crippen molar-refractivity contribution in [2.24, 2.45) is 0 Å². The lowest BCUT2D eigenvalue weighted by Gasteiger charge is -2.32. The molecule has 0 bridgehead atoms. The molecule has 2 aromatic carbocycles. The molecule has 0 aliphatic carbocycles. The van der Waals surface area contributed by atoms with E-state index < -0.39 is 28.5 Å². The number of amides is 2. The Kier molecular flexibility index (Phi) is 10.4. The van der Waals surface area contributed by atoms with Crippen LogP contribution in [0.2, 0.25) is 5.02 Å². The van der Waals surface area contributed by atoms with Gasteiger partial charge in [-0.2, -0.15) is 0 Å². The lowest BCUT2D eigenvalue weighted by Crippen LogP contribution is -2.52. The molecule has 192 valence electrons. The van der Waals surface area contributed by atoms with Crippen LogP contribution < -0.4 is 14.4 Å². The number of carbonyl (C=O) groups excluding carboxylic acids is 2. The van der Waals surface area contributed by atoms with Gasteiger partial charge in [-0.3, -0.25) is 13.9 Å². The molecule has 1 N–H and O–H groups in total. The second kappa shape index (κ2) is 12.8. The Morgan fingerprint density at radius 1 is 1.06 bits per heavy atom. The number of carbonyl (C=O) groups is 2. The van der Waals surface area contributed by atoms with Crippen molar-refractivity contribution < 1.29 is 22.7 Å². The van der Waals surface area contributed by atoms with E-state index in [0.29, 0.717) is 28.6 Å². The molecule has 2 atom stereocenters. The highest BCUT2D eigenvalue weighted by molar-refractivity contribution is 7.92. The van der Waals surface area contributed by atoms with Gasteiger partial charge in [0.1, 0.15) is 18.3 Å². The van der Waals surface area contributed by atoms with Crippen molar-refractivity contribution in [1.29, 1.82) is 0 Å². The Morgan fingerprint density at radius 3 is 2.23 bits per heavy atom. The third-order valence-corrected chi connectivity index (χ3v) is 7.09. The Balaban J connectivity index is 2.38. The Hall–Kier alpha value is -2.78. The van der Waals surface area contributed by atoms with E-state index in [1.165, 1.54) is 4.90 Å². The van der Waals surface area contributed by atoms with Gasteiger partial charge in [-0.1, -0.05) is 36.7 Å². The first-order valence-electron chi connectivity index (χ1n) is 11.5.